The normalized spacial score (nSPS) is 10.1. The molecule has 102 valence electrons. The Labute approximate surface area is 117 Å². The lowest BCUT2D eigenvalue weighted by Gasteiger charge is -2.12. The van der Waals surface area contributed by atoms with E-state index >= 15 is 0 Å². The van der Waals surface area contributed by atoms with Gasteiger partial charge in [-0.3, -0.25) is 9.59 Å². The number of methoxy groups -OCH3 is 1. The first-order valence-electron chi connectivity index (χ1n) is 6.17. The topological polar surface area (TPSA) is 69.4 Å². The number of nitrogens with two attached hydrogens (primary N) is 1. The van der Waals surface area contributed by atoms with Crippen molar-refractivity contribution in [2.24, 2.45) is 5.73 Å². The predicted octanol–water partition coefficient (Wildman–Crippen LogP) is 1.95. The van der Waals surface area contributed by atoms with Gasteiger partial charge in [0.05, 0.1) is 19.1 Å². The summed E-state index contributed by atoms with van der Waals surface area (Å²) < 4.78 is 5.24. The van der Waals surface area contributed by atoms with Gasteiger partial charge in [0.2, 0.25) is 5.91 Å². The molecule has 0 saturated carbocycles. The van der Waals surface area contributed by atoms with E-state index in [9.17, 15) is 9.59 Å². The van der Waals surface area contributed by atoms with E-state index in [-0.39, 0.29) is 12.2 Å². The molecule has 0 aliphatic carbocycles. The highest BCUT2D eigenvalue weighted by Crippen LogP contribution is 2.25. The first-order valence-corrected chi connectivity index (χ1v) is 6.17. The van der Waals surface area contributed by atoms with Gasteiger partial charge in [0.15, 0.2) is 5.78 Å². The highest BCUT2D eigenvalue weighted by Gasteiger charge is 2.19. The summed E-state index contributed by atoms with van der Waals surface area (Å²) in [4.78, 5) is 23.7. The van der Waals surface area contributed by atoms with Crippen molar-refractivity contribution in [3.63, 3.8) is 0 Å². The number of benzene rings is 2. The van der Waals surface area contributed by atoms with E-state index in [4.69, 9.17) is 10.5 Å². The van der Waals surface area contributed by atoms with Crippen LogP contribution >= 0.6 is 0 Å². The summed E-state index contributed by atoms with van der Waals surface area (Å²) in [5.74, 6) is -0.225. The van der Waals surface area contributed by atoms with Crippen molar-refractivity contribution in [3.8, 4) is 5.75 Å². The Morgan fingerprint density at radius 1 is 1.05 bits per heavy atom. The van der Waals surface area contributed by atoms with E-state index in [2.05, 4.69) is 0 Å². The third-order valence-corrected chi connectivity index (χ3v) is 2.96. The van der Waals surface area contributed by atoms with Crippen molar-refractivity contribution in [1.82, 2.24) is 0 Å². The molecule has 0 atom stereocenters. The molecule has 0 aliphatic heterocycles. The number of ketones is 1. The van der Waals surface area contributed by atoms with Gasteiger partial charge in [0, 0.05) is 5.56 Å². The summed E-state index contributed by atoms with van der Waals surface area (Å²) in [6.45, 7) is 0. The van der Waals surface area contributed by atoms with Gasteiger partial charge in [-0.1, -0.05) is 42.5 Å². The minimum Gasteiger partial charge on any atom is -0.496 e. The molecule has 4 heteroatoms. The van der Waals surface area contributed by atoms with E-state index in [1.165, 1.54) is 7.11 Å². The number of carbonyl (C=O) groups excluding carboxylic acids is 2. The van der Waals surface area contributed by atoms with Crippen LogP contribution in [0.25, 0.3) is 0 Å². The van der Waals surface area contributed by atoms with Gasteiger partial charge >= 0.3 is 0 Å². The summed E-state index contributed by atoms with van der Waals surface area (Å²) >= 11 is 0. The second kappa shape index (κ2) is 6.02. The zero-order chi connectivity index (χ0) is 14.5. The van der Waals surface area contributed by atoms with Crippen molar-refractivity contribution < 1.29 is 14.3 Å². The number of hydrogen-bond acceptors (Lipinski definition) is 3. The van der Waals surface area contributed by atoms with Gasteiger partial charge in [-0.05, 0) is 11.6 Å². The van der Waals surface area contributed by atoms with Crippen LogP contribution in [0.5, 0.6) is 5.75 Å². The third kappa shape index (κ3) is 2.85. The quantitative estimate of drug-likeness (QED) is 0.843. The van der Waals surface area contributed by atoms with Crippen molar-refractivity contribution in [2.75, 3.05) is 7.11 Å². The van der Waals surface area contributed by atoms with Gasteiger partial charge in [-0.15, -0.1) is 0 Å². The number of ether oxygens (including phenoxy) is 1. The fourth-order valence-electron chi connectivity index (χ4n) is 2.07. The molecule has 0 fully saturated rings. The Hall–Kier alpha value is -2.62. The molecular weight excluding hydrogens is 254 g/mol. The van der Waals surface area contributed by atoms with Crippen LogP contribution in [-0.4, -0.2) is 18.8 Å². The molecule has 0 radical (unpaired) electrons. The number of hydrogen-bond donors (Lipinski definition) is 1. The van der Waals surface area contributed by atoms with Crippen LogP contribution in [0.3, 0.4) is 0 Å². The number of amides is 1. The summed E-state index contributed by atoms with van der Waals surface area (Å²) in [6.07, 6.45) is 0.00507. The molecule has 2 rings (SSSR count). The Morgan fingerprint density at radius 2 is 1.75 bits per heavy atom. The zero-order valence-corrected chi connectivity index (χ0v) is 11.1. The zero-order valence-electron chi connectivity index (χ0n) is 11.1. The van der Waals surface area contributed by atoms with Crippen molar-refractivity contribution in [1.29, 1.82) is 0 Å². The summed E-state index contributed by atoms with van der Waals surface area (Å²) in [5.41, 5.74) is 6.74. The first-order chi connectivity index (χ1) is 9.63. The van der Waals surface area contributed by atoms with Gasteiger partial charge in [0.25, 0.3) is 0 Å². The average Bonchev–Trinajstić information content (AvgIpc) is 2.46. The molecule has 0 saturated heterocycles. The molecule has 0 aromatic heterocycles. The molecule has 4 nitrogen and oxygen atoms in total. The van der Waals surface area contributed by atoms with E-state index in [0.717, 1.165) is 0 Å². The number of carbonyl (C=O) groups is 2. The van der Waals surface area contributed by atoms with E-state index in [1.807, 2.05) is 6.07 Å². The van der Waals surface area contributed by atoms with Crippen LogP contribution in [0.2, 0.25) is 0 Å². The lowest BCUT2D eigenvalue weighted by molar-refractivity contribution is -0.117. The van der Waals surface area contributed by atoms with Crippen LogP contribution in [0.15, 0.2) is 48.5 Å². The lowest BCUT2D eigenvalue weighted by Crippen LogP contribution is -2.17. The maximum absolute atomic E-state index is 12.6. The van der Waals surface area contributed by atoms with E-state index in [0.29, 0.717) is 22.4 Å². The standard InChI is InChI=1S/C16H15NO3/c1-20-13-9-5-8-12(10-14(17)18)15(13)16(19)11-6-3-2-4-7-11/h2-9H,10H2,1H3,(H2,17,18). The molecule has 20 heavy (non-hydrogen) atoms. The van der Waals surface area contributed by atoms with Crippen LogP contribution in [0.4, 0.5) is 0 Å². The molecule has 0 heterocycles. The van der Waals surface area contributed by atoms with E-state index in [1.54, 1.807) is 42.5 Å². The lowest BCUT2D eigenvalue weighted by atomic mass is 9.95. The van der Waals surface area contributed by atoms with Crippen LogP contribution in [0, 0.1) is 0 Å². The highest BCUT2D eigenvalue weighted by atomic mass is 16.5. The summed E-state index contributed by atoms with van der Waals surface area (Å²) in [5, 5.41) is 0. The second-order valence-corrected chi connectivity index (χ2v) is 4.33. The molecule has 0 bridgehead atoms. The maximum atomic E-state index is 12.6. The SMILES string of the molecule is COc1cccc(CC(N)=O)c1C(=O)c1ccccc1. The minimum atomic E-state index is -0.486. The minimum absolute atomic E-state index is 0.00507. The van der Waals surface area contributed by atoms with Crippen molar-refractivity contribution in [3.05, 3.63) is 65.2 Å². The Kier molecular flexibility index (Phi) is 4.15. The molecule has 2 aromatic rings. The molecule has 2 N–H and O–H groups in total. The number of primary amides is 1. The second-order valence-electron chi connectivity index (χ2n) is 4.33. The van der Waals surface area contributed by atoms with Gasteiger partial charge in [0.1, 0.15) is 5.75 Å². The highest BCUT2D eigenvalue weighted by molar-refractivity contribution is 6.12. The average molecular weight is 269 g/mol. The molecular formula is C16H15NO3. The number of rotatable bonds is 5. The first kappa shape index (κ1) is 13.8. The Balaban J connectivity index is 2.53. The van der Waals surface area contributed by atoms with Gasteiger partial charge in [-0.25, -0.2) is 0 Å². The predicted molar refractivity (Wildman–Crippen MR) is 75.8 cm³/mol. The molecule has 0 aliphatic rings. The van der Waals surface area contributed by atoms with Crippen molar-refractivity contribution >= 4 is 11.7 Å². The molecule has 0 spiro atoms. The van der Waals surface area contributed by atoms with Crippen LogP contribution in [-0.2, 0) is 11.2 Å². The molecule has 2 aromatic carbocycles. The maximum Gasteiger partial charge on any atom is 0.221 e. The Morgan fingerprint density at radius 3 is 2.35 bits per heavy atom. The van der Waals surface area contributed by atoms with E-state index < -0.39 is 5.91 Å². The fourth-order valence-corrected chi connectivity index (χ4v) is 2.07. The van der Waals surface area contributed by atoms with Crippen LogP contribution in [0.1, 0.15) is 21.5 Å². The molecule has 0 unspecified atom stereocenters. The summed E-state index contributed by atoms with van der Waals surface area (Å²) in [7, 11) is 1.49. The summed E-state index contributed by atoms with van der Waals surface area (Å²) in [6, 6.07) is 14.0. The Bertz CT molecular complexity index is 635. The monoisotopic (exact) mass is 269 g/mol. The van der Waals surface area contributed by atoms with Gasteiger partial charge in [-0.2, -0.15) is 0 Å². The smallest absolute Gasteiger partial charge is 0.221 e. The van der Waals surface area contributed by atoms with Crippen molar-refractivity contribution in [2.45, 2.75) is 6.42 Å². The van der Waals surface area contributed by atoms with Gasteiger partial charge < -0.3 is 10.5 Å². The van der Waals surface area contributed by atoms with Crippen LogP contribution < -0.4 is 10.5 Å². The third-order valence-electron chi connectivity index (χ3n) is 2.96. The molecule has 1 amide bonds. The fraction of sp³-hybridized carbons (Fsp3) is 0.125. The largest absolute Gasteiger partial charge is 0.496 e.